The van der Waals surface area contributed by atoms with Crippen LogP contribution in [0.2, 0.25) is 10.0 Å². The Labute approximate surface area is 204 Å². The van der Waals surface area contributed by atoms with Gasteiger partial charge in [-0.25, -0.2) is 4.79 Å². The first kappa shape index (κ1) is 25.1. The Morgan fingerprint density at radius 2 is 1.79 bits per heavy atom. The lowest BCUT2D eigenvalue weighted by Gasteiger charge is -2.22. The fraction of sp³-hybridized carbons (Fsp3) is 0.217. The highest BCUT2D eigenvalue weighted by Crippen LogP contribution is 2.30. The molecule has 3 rings (SSSR count). The maximum atomic E-state index is 11.9. The Kier molecular flexibility index (Phi) is 8.14. The average Bonchev–Trinajstić information content (AvgIpc) is 2.78. The number of hydrogen-bond acceptors (Lipinski definition) is 6. The van der Waals surface area contributed by atoms with Gasteiger partial charge in [0.15, 0.2) is 0 Å². The molecule has 0 fully saturated rings. The van der Waals surface area contributed by atoms with Crippen molar-refractivity contribution in [3.63, 3.8) is 0 Å². The van der Waals surface area contributed by atoms with E-state index in [1.54, 1.807) is 24.3 Å². The predicted octanol–water partition coefficient (Wildman–Crippen LogP) is 4.87. The Morgan fingerprint density at radius 3 is 2.44 bits per heavy atom. The van der Waals surface area contributed by atoms with Gasteiger partial charge in [0, 0.05) is 46.0 Å². The highest BCUT2D eigenvalue weighted by molar-refractivity contribution is 6.35. The SMILES string of the molecule is CCN(CC)c1ccc(/C=C\c2[nH]c(=O)[nH]c(=O)c2[N+](=O)[O-])c(OCc2ccc(Cl)cc2Cl)c1. The fourth-order valence-electron chi connectivity index (χ4n) is 3.34. The third kappa shape index (κ3) is 5.86. The zero-order valence-electron chi connectivity index (χ0n) is 18.4. The van der Waals surface area contributed by atoms with Crippen LogP contribution in [0.4, 0.5) is 11.4 Å². The molecule has 0 saturated carbocycles. The number of anilines is 1. The average molecular weight is 505 g/mol. The van der Waals surface area contributed by atoms with Gasteiger partial charge < -0.3 is 14.6 Å². The van der Waals surface area contributed by atoms with Crippen molar-refractivity contribution in [2.45, 2.75) is 20.5 Å². The van der Waals surface area contributed by atoms with Gasteiger partial charge in [0.05, 0.1) is 4.92 Å². The first-order valence-corrected chi connectivity index (χ1v) is 11.1. The number of ether oxygens (including phenoxy) is 1. The normalized spacial score (nSPS) is 11.1. The van der Waals surface area contributed by atoms with E-state index in [1.807, 2.05) is 31.0 Å². The van der Waals surface area contributed by atoms with Gasteiger partial charge >= 0.3 is 16.9 Å². The zero-order chi connectivity index (χ0) is 24.8. The van der Waals surface area contributed by atoms with Crippen LogP contribution >= 0.6 is 23.2 Å². The highest BCUT2D eigenvalue weighted by Gasteiger charge is 2.19. The summed E-state index contributed by atoms with van der Waals surface area (Å²) in [6, 6.07) is 10.6. The van der Waals surface area contributed by atoms with Crippen LogP contribution in [0.5, 0.6) is 5.75 Å². The summed E-state index contributed by atoms with van der Waals surface area (Å²) in [5.41, 5.74) is -0.681. The molecule has 2 aromatic carbocycles. The number of hydrogen-bond donors (Lipinski definition) is 2. The van der Waals surface area contributed by atoms with E-state index in [0.29, 0.717) is 21.4 Å². The molecule has 0 aliphatic carbocycles. The minimum absolute atomic E-state index is 0.153. The van der Waals surface area contributed by atoms with Crippen molar-refractivity contribution in [3.8, 4) is 5.75 Å². The summed E-state index contributed by atoms with van der Waals surface area (Å²) in [6.45, 7) is 5.80. The van der Waals surface area contributed by atoms with Crippen LogP contribution in [0, 0.1) is 10.1 Å². The number of nitrogens with one attached hydrogen (secondary N) is 2. The van der Waals surface area contributed by atoms with Crippen molar-refractivity contribution in [2.75, 3.05) is 18.0 Å². The van der Waals surface area contributed by atoms with E-state index in [-0.39, 0.29) is 12.3 Å². The molecule has 3 aromatic rings. The third-order valence-corrected chi connectivity index (χ3v) is 5.67. The quantitative estimate of drug-likeness (QED) is 0.316. The Morgan fingerprint density at radius 1 is 1.06 bits per heavy atom. The number of rotatable bonds is 9. The Hall–Kier alpha value is -3.56. The highest BCUT2D eigenvalue weighted by atomic mass is 35.5. The number of aromatic amines is 2. The summed E-state index contributed by atoms with van der Waals surface area (Å²) < 4.78 is 6.06. The van der Waals surface area contributed by atoms with Crippen molar-refractivity contribution in [1.29, 1.82) is 0 Å². The second-order valence-electron chi connectivity index (χ2n) is 7.18. The summed E-state index contributed by atoms with van der Waals surface area (Å²) in [5, 5.41) is 12.3. The fourth-order valence-corrected chi connectivity index (χ4v) is 3.80. The smallest absolute Gasteiger partial charge is 0.357 e. The zero-order valence-corrected chi connectivity index (χ0v) is 19.9. The van der Waals surface area contributed by atoms with Crippen LogP contribution in [0.1, 0.15) is 30.7 Å². The molecule has 9 nitrogen and oxygen atoms in total. The predicted molar refractivity (Wildman–Crippen MR) is 134 cm³/mol. The van der Waals surface area contributed by atoms with Crippen LogP contribution in [0.3, 0.4) is 0 Å². The lowest BCUT2D eigenvalue weighted by molar-refractivity contribution is -0.386. The van der Waals surface area contributed by atoms with E-state index in [9.17, 15) is 19.7 Å². The minimum Gasteiger partial charge on any atom is -0.488 e. The van der Waals surface area contributed by atoms with Crippen LogP contribution in [-0.4, -0.2) is 28.0 Å². The van der Waals surface area contributed by atoms with E-state index in [2.05, 4.69) is 9.88 Å². The molecule has 0 radical (unpaired) electrons. The largest absolute Gasteiger partial charge is 0.488 e. The molecule has 0 saturated heterocycles. The van der Waals surface area contributed by atoms with E-state index in [4.69, 9.17) is 27.9 Å². The summed E-state index contributed by atoms with van der Waals surface area (Å²) in [7, 11) is 0. The second-order valence-corrected chi connectivity index (χ2v) is 8.02. The van der Waals surface area contributed by atoms with Gasteiger partial charge in [0.25, 0.3) is 0 Å². The van der Waals surface area contributed by atoms with Crippen LogP contribution in [0.15, 0.2) is 46.0 Å². The molecular weight excluding hydrogens is 483 g/mol. The number of nitro groups is 1. The van der Waals surface area contributed by atoms with Gasteiger partial charge in [-0.3, -0.25) is 19.9 Å². The van der Waals surface area contributed by atoms with Crippen molar-refractivity contribution < 1.29 is 9.66 Å². The maximum absolute atomic E-state index is 11.9. The van der Waals surface area contributed by atoms with Gasteiger partial charge in [-0.05, 0) is 50.3 Å². The summed E-state index contributed by atoms with van der Waals surface area (Å²) in [6.07, 6.45) is 2.83. The number of H-pyrrole nitrogens is 2. The summed E-state index contributed by atoms with van der Waals surface area (Å²) >= 11 is 12.2. The lowest BCUT2D eigenvalue weighted by Crippen LogP contribution is -2.25. The molecule has 2 N–H and O–H groups in total. The monoisotopic (exact) mass is 504 g/mol. The molecule has 0 atom stereocenters. The molecule has 178 valence electrons. The number of aromatic nitrogens is 2. The van der Waals surface area contributed by atoms with Gasteiger partial charge in [0.1, 0.15) is 18.1 Å². The third-order valence-electron chi connectivity index (χ3n) is 5.08. The number of halogens is 2. The molecule has 11 heteroatoms. The number of benzene rings is 2. The lowest BCUT2D eigenvalue weighted by atomic mass is 10.1. The molecule has 0 amide bonds. The van der Waals surface area contributed by atoms with E-state index >= 15 is 0 Å². The molecular formula is C23H22Cl2N4O5. The Bertz CT molecular complexity index is 1350. The van der Waals surface area contributed by atoms with E-state index in [1.165, 1.54) is 12.2 Å². The van der Waals surface area contributed by atoms with Crippen LogP contribution < -0.4 is 20.9 Å². The summed E-state index contributed by atoms with van der Waals surface area (Å²) in [4.78, 5) is 40.3. The van der Waals surface area contributed by atoms with Gasteiger partial charge in [0.2, 0.25) is 0 Å². The first-order valence-electron chi connectivity index (χ1n) is 10.4. The van der Waals surface area contributed by atoms with Crippen LogP contribution in [-0.2, 0) is 6.61 Å². The first-order chi connectivity index (χ1) is 16.2. The van der Waals surface area contributed by atoms with E-state index in [0.717, 1.165) is 24.3 Å². The van der Waals surface area contributed by atoms with Gasteiger partial charge in [-0.15, -0.1) is 0 Å². The van der Waals surface area contributed by atoms with Gasteiger partial charge in [-0.2, -0.15) is 0 Å². The molecule has 0 unspecified atom stereocenters. The topological polar surface area (TPSA) is 121 Å². The standard InChI is InChI=1S/C23H22Cl2N4O5/c1-3-28(4-2)17-9-6-14(7-10-19-21(29(32)33)22(30)27-23(31)26-19)20(12-17)34-13-15-5-8-16(24)11-18(15)25/h5-12H,3-4,13H2,1-2H3,(H2,26,27,30,31)/b10-7-. The van der Waals surface area contributed by atoms with Crippen LogP contribution in [0.25, 0.3) is 12.2 Å². The van der Waals surface area contributed by atoms with Gasteiger partial charge in [-0.1, -0.05) is 29.3 Å². The van der Waals surface area contributed by atoms with Crippen molar-refractivity contribution in [3.05, 3.63) is 94.2 Å². The molecule has 0 bridgehead atoms. The molecule has 34 heavy (non-hydrogen) atoms. The molecule has 1 heterocycles. The molecule has 0 aliphatic heterocycles. The molecule has 1 aromatic heterocycles. The Balaban J connectivity index is 2.02. The second kappa shape index (κ2) is 11.0. The van der Waals surface area contributed by atoms with Crippen molar-refractivity contribution in [2.24, 2.45) is 0 Å². The van der Waals surface area contributed by atoms with Crippen molar-refractivity contribution in [1.82, 2.24) is 9.97 Å². The van der Waals surface area contributed by atoms with Crippen molar-refractivity contribution >= 4 is 46.7 Å². The molecule has 0 spiro atoms. The number of nitrogens with zero attached hydrogens (tertiary/aromatic N) is 2. The maximum Gasteiger partial charge on any atom is 0.357 e. The van der Waals surface area contributed by atoms with E-state index < -0.39 is 21.9 Å². The summed E-state index contributed by atoms with van der Waals surface area (Å²) in [5.74, 6) is 0.488. The minimum atomic E-state index is -1.08. The molecule has 0 aliphatic rings.